The first-order valence-corrected chi connectivity index (χ1v) is 10.3. The number of nitrogens with zero attached hydrogens (tertiary/aromatic N) is 2. The summed E-state index contributed by atoms with van der Waals surface area (Å²) in [4.78, 5) is 39.7. The summed E-state index contributed by atoms with van der Waals surface area (Å²) in [6.45, 7) is 1.87. The molecule has 0 N–H and O–H groups in total. The second kappa shape index (κ2) is 10.6. The van der Waals surface area contributed by atoms with Gasteiger partial charge in [-0.25, -0.2) is 12.7 Å². The second-order valence-corrected chi connectivity index (χ2v) is 7.48. The molecule has 1 aromatic heterocycles. The number of carbonyl (C=O) groups excluding carboxylic acids is 3. The van der Waals surface area contributed by atoms with Gasteiger partial charge in [0.15, 0.2) is 0 Å². The maximum absolute atomic E-state index is 12.5. The van der Waals surface area contributed by atoms with Crippen molar-refractivity contribution in [2.75, 3.05) is 31.4 Å². The molecule has 0 fully saturated rings. The fraction of sp³-hybridized carbons (Fsp3) is 0.529. The van der Waals surface area contributed by atoms with Gasteiger partial charge >= 0.3 is 5.97 Å². The molecule has 1 heterocycles. The quantitative estimate of drug-likeness (QED) is 0.487. The van der Waals surface area contributed by atoms with Gasteiger partial charge in [0, 0.05) is 25.3 Å². The summed E-state index contributed by atoms with van der Waals surface area (Å²) in [5.74, 6) is -1.62. The summed E-state index contributed by atoms with van der Waals surface area (Å²) < 4.78 is 39.6. The van der Waals surface area contributed by atoms with Crippen LogP contribution in [0.5, 0.6) is 11.8 Å². The van der Waals surface area contributed by atoms with Crippen LogP contribution in [-0.4, -0.2) is 58.1 Å². The Morgan fingerprint density at radius 3 is 2.21 bits per heavy atom. The van der Waals surface area contributed by atoms with Crippen molar-refractivity contribution in [1.29, 1.82) is 0 Å². The van der Waals surface area contributed by atoms with Crippen molar-refractivity contribution in [2.45, 2.75) is 32.6 Å². The van der Waals surface area contributed by atoms with Crippen LogP contribution < -0.4 is 13.8 Å². The molecule has 0 radical (unpaired) electrons. The average Bonchev–Trinajstić information content (AvgIpc) is 2.64. The lowest BCUT2D eigenvalue weighted by Crippen LogP contribution is -2.36. The van der Waals surface area contributed by atoms with Crippen molar-refractivity contribution in [3.05, 3.63) is 12.1 Å². The Bertz CT molecular complexity index is 822. The molecule has 0 aromatic carbocycles. The highest BCUT2D eigenvalue weighted by molar-refractivity contribution is 7.92. The minimum absolute atomic E-state index is 0.0849. The van der Waals surface area contributed by atoms with E-state index in [9.17, 15) is 22.8 Å². The number of sulfonamides is 1. The highest BCUT2D eigenvalue weighted by Crippen LogP contribution is 2.31. The van der Waals surface area contributed by atoms with E-state index in [0.717, 1.165) is 6.26 Å². The Morgan fingerprint density at radius 2 is 1.68 bits per heavy atom. The number of rotatable bonds is 11. The molecule has 1 amide bonds. The summed E-state index contributed by atoms with van der Waals surface area (Å²) in [5, 5.41) is 0. The van der Waals surface area contributed by atoms with Gasteiger partial charge in [0.25, 0.3) is 0 Å². The molecule has 156 valence electrons. The highest BCUT2D eigenvalue weighted by atomic mass is 32.2. The topological polar surface area (TPSA) is 129 Å². The van der Waals surface area contributed by atoms with Crippen LogP contribution in [0.25, 0.3) is 0 Å². The van der Waals surface area contributed by atoms with Gasteiger partial charge in [0.1, 0.15) is 11.5 Å². The molecule has 0 saturated heterocycles. The standard InChI is InChI=1S/C17H24N2O8S/c1-5-27-16(22)11-7-12(20)6-10-15(21)19(28(4,23)24)13-8-9-14(25-2)18-17(13)26-3/h8-9H,5-7,10-11H2,1-4H3. The van der Waals surface area contributed by atoms with E-state index in [1.807, 2.05) is 0 Å². The van der Waals surface area contributed by atoms with E-state index in [1.54, 1.807) is 6.92 Å². The monoisotopic (exact) mass is 416 g/mol. The summed E-state index contributed by atoms with van der Waals surface area (Å²) in [7, 11) is -1.36. The molecule has 10 nitrogen and oxygen atoms in total. The van der Waals surface area contributed by atoms with E-state index in [0.29, 0.717) is 4.31 Å². The van der Waals surface area contributed by atoms with Crippen LogP contribution in [-0.2, 0) is 29.1 Å². The van der Waals surface area contributed by atoms with Gasteiger partial charge in [0.05, 0.1) is 33.5 Å². The van der Waals surface area contributed by atoms with Crippen LogP contribution >= 0.6 is 0 Å². The lowest BCUT2D eigenvalue weighted by atomic mass is 10.1. The van der Waals surface area contributed by atoms with Gasteiger partial charge in [-0.2, -0.15) is 4.98 Å². The molecule has 1 rings (SSSR count). The van der Waals surface area contributed by atoms with Crippen molar-refractivity contribution in [2.24, 2.45) is 0 Å². The third kappa shape index (κ3) is 6.80. The van der Waals surface area contributed by atoms with Gasteiger partial charge < -0.3 is 14.2 Å². The molecule has 11 heteroatoms. The fourth-order valence-electron chi connectivity index (χ4n) is 2.28. The molecule has 28 heavy (non-hydrogen) atoms. The van der Waals surface area contributed by atoms with Crippen molar-refractivity contribution in [3.8, 4) is 11.8 Å². The van der Waals surface area contributed by atoms with Crippen LogP contribution in [0.1, 0.15) is 32.6 Å². The minimum Gasteiger partial charge on any atom is -0.481 e. The van der Waals surface area contributed by atoms with Gasteiger partial charge in [-0.05, 0) is 13.0 Å². The Labute approximate surface area is 163 Å². The first kappa shape index (κ1) is 23.3. The summed E-state index contributed by atoms with van der Waals surface area (Å²) in [6.07, 6.45) is 0.114. The van der Waals surface area contributed by atoms with Crippen LogP contribution in [0.4, 0.5) is 5.69 Å². The van der Waals surface area contributed by atoms with E-state index < -0.39 is 21.9 Å². The SMILES string of the molecule is CCOC(=O)CCC(=O)CCC(=O)N(c1ccc(OC)nc1OC)S(C)(=O)=O. The lowest BCUT2D eigenvalue weighted by Gasteiger charge is -2.22. The Kier molecular flexibility index (Phi) is 8.83. The zero-order valence-electron chi connectivity index (χ0n) is 16.3. The first-order chi connectivity index (χ1) is 13.1. The average molecular weight is 416 g/mol. The van der Waals surface area contributed by atoms with E-state index in [-0.39, 0.29) is 55.5 Å². The zero-order chi connectivity index (χ0) is 21.3. The van der Waals surface area contributed by atoms with Crippen molar-refractivity contribution >= 4 is 33.4 Å². The number of aromatic nitrogens is 1. The van der Waals surface area contributed by atoms with Crippen molar-refractivity contribution < 1.29 is 37.0 Å². The van der Waals surface area contributed by atoms with E-state index >= 15 is 0 Å². The van der Waals surface area contributed by atoms with Gasteiger partial charge in [-0.3, -0.25) is 14.4 Å². The predicted octanol–water partition coefficient (Wildman–Crippen LogP) is 1.08. The molecule has 0 atom stereocenters. The second-order valence-electron chi connectivity index (χ2n) is 5.65. The number of hydrogen-bond donors (Lipinski definition) is 0. The number of methoxy groups -OCH3 is 2. The number of amides is 1. The number of hydrogen-bond acceptors (Lipinski definition) is 9. The number of carbonyl (C=O) groups is 3. The van der Waals surface area contributed by atoms with Gasteiger partial charge in [-0.1, -0.05) is 0 Å². The smallest absolute Gasteiger partial charge is 0.306 e. The molecule has 0 spiro atoms. The van der Waals surface area contributed by atoms with Crippen LogP contribution in [0.2, 0.25) is 0 Å². The predicted molar refractivity (Wildman–Crippen MR) is 99.8 cm³/mol. The van der Waals surface area contributed by atoms with E-state index in [4.69, 9.17) is 14.2 Å². The largest absolute Gasteiger partial charge is 0.481 e. The first-order valence-electron chi connectivity index (χ1n) is 8.43. The van der Waals surface area contributed by atoms with Gasteiger partial charge in [0.2, 0.25) is 27.7 Å². The number of esters is 1. The minimum atomic E-state index is -4.01. The molecule has 0 aliphatic rings. The number of anilines is 1. The fourth-order valence-corrected chi connectivity index (χ4v) is 3.24. The normalized spacial score (nSPS) is 10.9. The maximum atomic E-state index is 12.5. The Morgan fingerprint density at radius 1 is 1.04 bits per heavy atom. The van der Waals surface area contributed by atoms with Crippen molar-refractivity contribution in [3.63, 3.8) is 0 Å². The molecule has 1 aromatic rings. The Hall–Kier alpha value is -2.69. The van der Waals surface area contributed by atoms with Crippen molar-refractivity contribution in [1.82, 2.24) is 4.98 Å². The van der Waals surface area contributed by atoms with Crippen LogP contribution in [0, 0.1) is 0 Å². The van der Waals surface area contributed by atoms with E-state index in [1.165, 1.54) is 26.4 Å². The summed E-state index contributed by atoms with van der Waals surface area (Å²) >= 11 is 0. The molecular weight excluding hydrogens is 392 g/mol. The zero-order valence-corrected chi connectivity index (χ0v) is 17.1. The van der Waals surface area contributed by atoms with Crippen LogP contribution in [0.15, 0.2) is 12.1 Å². The number of ketones is 1. The molecule has 0 bridgehead atoms. The summed E-state index contributed by atoms with van der Waals surface area (Å²) in [6, 6.07) is 2.71. The lowest BCUT2D eigenvalue weighted by molar-refractivity contribution is -0.144. The third-order valence-corrected chi connectivity index (χ3v) is 4.59. The van der Waals surface area contributed by atoms with Crippen LogP contribution in [0.3, 0.4) is 0 Å². The number of Topliss-reactive ketones (excluding diaryl/α,β-unsaturated/α-hetero) is 1. The molecule has 0 aliphatic heterocycles. The molecule has 0 saturated carbocycles. The molecular formula is C17H24N2O8S. The number of ether oxygens (including phenoxy) is 3. The summed E-state index contributed by atoms with van der Waals surface area (Å²) in [5.41, 5.74) is -0.0882. The highest BCUT2D eigenvalue weighted by Gasteiger charge is 2.29. The molecule has 0 aliphatic carbocycles. The van der Waals surface area contributed by atoms with E-state index in [2.05, 4.69) is 4.98 Å². The maximum Gasteiger partial charge on any atom is 0.306 e. The van der Waals surface area contributed by atoms with Gasteiger partial charge in [-0.15, -0.1) is 0 Å². The number of pyridine rings is 1. The molecule has 0 unspecified atom stereocenters. The third-order valence-electron chi connectivity index (χ3n) is 3.53. The Balaban J connectivity index is 2.91.